The maximum absolute atomic E-state index is 12.0. The second-order valence-corrected chi connectivity index (χ2v) is 4.87. The first-order chi connectivity index (χ1) is 9.59. The van der Waals surface area contributed by atoms with Gasteiger partial charge in [0.05, 0.1) is 0 Å². The molecule has 0 bridgehead atoms. The lowest BCUT2D eigenvalue weighted by molar-refractivity contribution is -0.148. The maximum atomic E-state index is 12.0. The molecule has 0 unspecified atom stereocenters. The smallest absolute Gasteiger partial charge is 0.326 e. The molecule has 0 aromatic heterocycles. The predicted molar refractivity (Wildman–Crippen MR) is 72.4 cm³/mol. The molecule has 1 aliphatic rings. The number of Topliss-reactive ketones (excluding diaryl/α,β-unsaturated/α-hetero) is 1. The van der Waals surface area contributed by atoms with Gasteiger partial charge in [0.1, 0.15) is 6.04 Å². The van der Waals surface area contributed by atoms with Crippen LogP contribution in [0.15, 0.2) is 30.3 Å². The molecule has 106 valence electrons. The van der Waals surface area contributed by atoms with Gasteiger partial charge < -0.3 is 10.0 Å². The molecule has 1 heterocycles. The summed E-state index contributed by atoms with van der Waals surface area (Å²) in [6.07, 6.45) is 1.38. The van der Waals surface area contributed by atoms with Gasteiger partial charge in [0, 0.05) is 24.9 Å². The van der Waals surface area contributed by atoms with Crippen molar-refractivity contribution in [2.75, 3.05) is 6.54 Å². The molecule has 20 heavy (non-hydrogen) atoms. The fourth-order valence-electron chi connectivity index (χ4n) is 2.45. The van der Waals surface area contributed by atoms with E-state index in [1.54, 1.807) is 24.3 Å². The average Bonchev–Trinajstić information content (AvgIpc) is 2.95. The summed E-state index contributed by atoms with van der Waals surface area (Å²) >= 11 is 0. The number of aliphatic carboxylic acids is 1. The van der Waals surface area contributed by atoms with E-state index in [0.29, 0.717) is 24.9 Å². The van der Waals surface area contributed by atoms with Crippen molar-refractivity contribution in [2.24, 2.45) is 0 Å². The Hall–Kier alpha value is -2.17. The second kappa shape index (κ2) is 6.32. The third-order valence-electron chi connectivity index (χ3n) is 3.52. The van der Waals surface area contributed by atoms with E-state index in [9.17, 15) is 14.4 Å². The van der Waals surface area contributed by atoms with Gasteiger partial charge >= 0.3 is 5.97 Å². The summed E-state index contributed by atoms with van der Waals surface area (Å²) in [5.41, 5.74) is 0.580. The van der Waals surface area contributed by atoms with Crippen LogP contribution in [0.1, 0.15) is 36.0 Å². The Morgan fingerprint density at radius 1 is 1.15 bits per heavy atom. The van der Waals surface area contributed by atoms with Gasteiger partial charge in [0.15, 0.2) is 5.78 Å². The minimum absolute atomic E-state index is 0.0670. The van der Waals surface area contributed by atoms with E-state index < -0.39 is 12.0 Å². The molecule has 1 saturated heterocycles. The van der Waals surface area contributed by atoms with Crippen molar-refractivity contribution in [3.8, 4) is 0 Å². The van der Waals surface area contributed by atoms with Crippen molar-refractivity contribution in [3.63, 3.8) is 0 Å². The van der Waals surface area contributed by atoms with Crippen LogP contribution in [0.25, 0.3) is 0 Å². The first-order valence-corrected chi connectivity index (χ1v) is 6.70. The number of benzene rings is 1. The third kappa shape index (κ3) is 3.23. The molecule has 1 atom stereocenters. The molecule has 0 radical (unpaired) electrons. The van der Waals surface area contributed by atoms with E-state index in [0.717, 1.165) is 0 Å². The SMILES string of the molecule is O=C(CCC(=O)N1CCC[C@@H]1C(=O)O)c1ccccc1. The van der Waals surface area contributed by atoms with Crippen molar-refractivity contribution >= 4 is 17.7 Å². The summed E-state index contributed by atoms with van der Waals surface area (Å²) in [5, 5.41) is 9.03. The molecule has 0 spiro atoms. The van der Waals surface area contributed by atoms with Crippen LogP contribution < -0.4 is 0 Å². The molecule has 1 aromatic carbocycles. The van der Waals surface area contributed by atoms with Crippen LogP contribution >= 0.6 is 0 Å². The number of likely N-dealkylation sites (tertiary alicyclic amines) is 1. The molecule has 5 nitrogen and oxygen atoms in total. The van der Waals surface area contributed by atoms with Gasteiger partial charge in [-0.25, -0.2) is 4.79 Å². The first kappa shape index (κ1) is 14.2. The van der Waals surface area contributed by atoms with Crippen LogP contribution in [0.2, 0.25) is 0 Å². The van der Waals surface area contributed by atoms with Gasteiger partial charge in [-0.3, -0.25) is 9.59 Å². The minimum atomic E-state index is -0.967. The van der Waals surface area contributed by atoms with Gasteiger partial charge in [-0.1, -0.05) is 30.3 Å². The Labute approximate surface area is 117 Å². The lowest BCUT2D eigenvalue weighted by Crippen LogP contribution is -2.40. The highest BCUT2D eigenvalue weighted by molar-refractivity contribution is 5.98. The summed E-state index contributed by atoms with van der Waals surface area (Å²) in [5.74, 6) is -1.31. The zero-order valence-corrected chi connectivity index (χ0v) is 11.1. The van der Waals surface area contributed by atoms with Gasteiger partial charge in [-0.15, -0.1) is 0 Å². The van der Waals surface area contributed by atoms with E-state index in [4.69, 9.17) is 5.11 Å². The van der Waals surface area contributed by atoms with Crippen LogP contribution in [-0.2, 0) is 9.59 Å². The zero-order valence-electron chi connectivity index (χ0n) is 11.1. The highest BCUT2D eigenvalue weighted by atomic mass is 16.4. The molecule has 1 fully saturated rings. The van der Waals surface area contributed by atoms with Gasteiger partial charge in [-0.05, 0) is 12.8 Å². The van der Waals surface area contributed by atoms with Crippen molar-refractivity contribution in [2.45, 2.75) is 31.7 Å². The number of ketones is 1. The Kier molecular flexibility index (Phi) is 4.50. The number of carbonyl (C=O) groups excluding carboxylic acids is 2. The summed E-state index contributed by atoms with van der Waals surface area (Å²) < 4.78 is 0. The molecule has 1 amide bonds. The van der Waals surface area contributed by atoms with Gasteiger partial charge in [0.2, 0.25) is 5.91 Å². The zero-order chi connectivity index (χ0) is 14.5. The van der Waals surface area contributed by atoms with Crippen molar-refractivity contribution in [1.29, 1.82) is 0 Å². The minimum Gasteiger partial charge on any atom is -0.480 e. The molecule has 1 aromatic rings. The fourth-order valence-corrected chi connectivity index (χ4v) is 2.45. The van der Waals surface area contributed by atoms with E-state index >= 15 is 0 Å². The standard InChI is InChI=1S/C15H17NO4/c17-13(11-5-2-1-3-6-11)8-9-14(18)16-10-4-7-12(16)15(19)20/h1-3,5-6,12H,4,7-10H2,(H,19,20)/t12-/m1/s1. The van der Waals surface area contributed by atoms with E-state index in [1.807, 2.05) is 6.07 Å². The monoisotopic (exact) mass is 275 g/mol. The van der Waals surface area contributed by atoms with Crippen molar-refractivity contribution in [3.05, 3.63) is 35.9 Å². The highest BCUT2D eigenvalue weighted by Gasteiger charge is 2.33. The van der Waals surface area contributed by atoms with Gasteiger partial charge in [-0.2, -0.15) is 0 Å². The van der Waals surface area contributed by atoms with Crippen molar-refractivity contribution in [1.82, 2.24) is 4.90 Å². The Balaban J connectivity index is 1.89. The first-order valence-electron chi connectivity index (χ1n) is 6.70. The van der Waals surface area contributed by atoms with Crippen LogP contribution in [0.4, 0.5) is 0 Å². The Morgan fingerprint density at radius 2 is 1.85 bits per heavy atom. The molecule has 0 aliphatic carbocycles. The third-order valence-corrected chi connectivity index (χ3v) is 3.52. The molecule has 5 heteroatoms. The quantitative estimate of drug-likeness (QED) is 0.830. The number of carboxylic acid groups (broad SMARTS) is 1. The normalized spacial score (nSPS) is 18.0. The average molecular weight is 275 g/mol. The Morgan fingerprint density at radius 3 is 2.50 bits per heavy atom. The molecular weight excluding hydrogens is 258 g/mol. The number of nitrogens with zero attached hydrogens (tertiary/aromatic N) is 1. The van der Waals surface area contributed by atoms with Crippen LogP contribution in [0.3, 0.4) is 0 Å². The largest absolute Gasteiger partial charge is 0.480 e. The van der Waals surface area contributed by atoms with Crippen LogP contribution in [-0.4, -0.2) is 40.3 Å². The summed E-state index contributed by atoms with van der Waals surface area (Å²) in [6, 6.07) is 8.07. The number of amides is 1. The second-order valence-electron chi connectivity index (χ2n) is 4.87. The van der Waals surface area contributed by atoms with E-state index in [2.05, 4.69) is 0 Å². The lowest BCUT2D eigenvalue weighted by atomic mass is 10.1. The molecule has 1 aliphatic heterocycles. The number of hydrogen-bond acceptors (Lipinski definition) is 3. The highest BCUT2D eigenvalue weighted by Crippen LogP contribution is 2.19. The Bertz CT molecular complexity index is 512. The van der Waals surface area contributed by atoms with Crippen LogP contribution in [0.5, 0.6) is 0 Å². The number of hydrogen-bond donors (Lipinski definition) is 1. The summed E-state index contributed by atoms with van der Waals surface area (Å²) in [4.78, 5) is 36.3. The van der Waals surface area contributed by atoms with E-state index in [-0.39, 0.29) is 24.5 Å². The summed E-state index contributed by atoms with van der Waals surface area (Å²) in [7, 11) is 0. The fraction of sp³-hybridized carbons (Fsp3) is 0.400. The van der Waals surface area contributed by atoms with Gasteiger partial charge in [0.25, 0.3) is 0 Å². The molecule has 1 N–H and O–H groups in total. The van der Waals surface area contributed by atoms with Crippen LogP contribution in [0, 0.1) is 0 Å². The molecule has 0 saturated carbocycles. The number of carboxylic acids is 1. The molecular formula is C15H17NO4. The topological polar surface area (TPSA) is 74.7 Å². The number of rotatable bonds is 5. The molecule has 2 rings (SSSR count). The summed E-state index contributed by atoms with van der Waals surface area (Å²) in [6.45, 7) is 0.468. The lowest BCUT2D eigenvalue weighted by Gasteiger charge is -2.21. The van der Waals surface area contributed by atoms with Crippen molar-refractivity contribution < 1.29 is 19.5 Å². The predicted octanol–water partition coefficient (Wildman–Crippen LogP) is 1.73. The van der Waals surface area contributed by atoms with E-state index in [1.165, 1.54) is 4.90 Å². The number of carbonyl (C=O) groups is 3. The maximum Gasteiger partial charge on any atom is 0.326 e.